The summed E-state index contributed by atoms with van der Waals surface area (Å²) >= 11 is 0. The van der Waals surface area contributed by atoms with Crippen molar-refractivity contribution in [2.24, 2.45) is 0 Å². The van der Waals surface area contributed by atoms with E-state index in [4.69, 9.17) is 0 Å². The van der Waals surface area contributed by atoms with Crippen molar-refractivity contribution >= 4 is 11.0 Å². The third-order valence-electron chi connectivity index (χ3n) is 2.01. The average Bonchev–Trinajstić information content (AvgIpc) is 2.32. The Morgan fingerprint density at radius 1 is 1.08 bits per heavy atom. The van der Waals surface area contributed by atoms with Crippen molar-refractivity contribution in [2.45, 2.75) is 20.8 Å². The SMILES string of the molecule is Cc1nc(C)c2nn(O)c(C)c2n1. The maximum absolute atomic E-state index is 9.30. The Kier molecular flexibility index (Phi) is 1.48. The maximum Gasteiger partial charge on any atom is 0.136 e. The van der Waals surface area contributed by atoms with Gasteiger partial charge in [-0.1, -0.05) is 0 Å². The van der Waals surface area contributed by atoms with Crippen LogP contribution in [0, 0.1) is 20.8 Å². The van der Waals surface area contributed by atoms with Gasteiger partial charge in [-0.25, -0.2) is 9.97 Å². The second kappa shape index (κ2) is 2.42. The lowest BCUT2D eigenvalue weighted by atomic mass is 10.3. The van der Waals surface area contributed by atoms with E-state index in [1.807, 2.05) is 13.8 Å². The van der Waals surface area contributed by atoms with Crippen molar-refractivity contribution < 1.29 is 5.21 Å². The van der Waals surface area contributed by atoms with E-state index < -0.39 is 0 Å². The van der Waals surface area contributed by atoms with Crippen molar-refractivity contribution in [1.29, 1.82) is 0 Å². The molecule has 0 bridgehead atoms. The van der Waals surface area contributed by atoms with E-state index in [1.54, 1.807) is 6.92 Å². The van der Waals surface area contributed by atoms with Crippen molar-refractivity contribution in [3.05, 3.63) is 17.2 Å². The van der Waals surface area contributed by atoms with Crippen LogP contribution >= 0.6 is 0 Å². The van der Waals surface area contributed by atoms with Crippen molar-refractivity contribution in [3.8, 4) is 0 Å². The molecule has 0 atom stereocenters. The molecule has 0 aliphatic heterocycles. The van der Waals surface area contributed by atoms with Gasteiger partial charge in [-0.15, -0.1) is 9.94 Å². The van der Waals surface area contributed by atoms with Gasteiger partial charge in [-0.3, -0.25) is 0 Å². The van der Waals surface area contributed by atoms with Crippen LogP contribution in [-0.2, 0) is 0 Å². The molecule has 0 aliphatic rings. The molecular weight excluding hydrogens is 168 g/mol. The number of hydrogen-bond donors (Lipinski definition) is 1. The monoisotopic (exact) mass is 178 g/mol. The summed E-state index contributed by atoms with van der Waals surface area (Å²) in [5, 5.41) is 13.2. The molecule has 0 aromatic carbocycles. The van der Waals surface area contributed by atoms with Crippen LogP contribution in [0.1, 0.15) is 17.2 Å². The van der Waals surface area contributed by atoms with Crippen LogP contribution < -0.4 is 0 Å². The highest BCUT2D eigenvalue weighted by molar-refractivity contribution is 5.78. The average molecular weight is 178 g/mol. The Balaban J connectivity index is 2.94. The Hall–Kier alpha value is -1.65. The second-order valence-corrected chi connectivity index (χ2v) is 3.03. The minimum Gasteiger partial charge on any atom is -0.411 e. The topological polar surface area (TPSA) is 63.8 Å². The van der Waals surface area contributed by atoms with Gasteiger partial charge in [-0.05, 0) is 20.8 Å². The summed E-state index contributed by atoms with van der Waals surface area (Å²) in [4.78, 5) is 9.20. The molecule has 0 radical (unpaired) electrons. The summed E-state index contributed by atoms with van der Waals surface area (Å²) in [6, 6.07) is 0. The molecule has 2 aromatic rings. The van der Waals surface area contributed by atoms with Gasteiger partial charge in [-0.2, -0.15) is 0 Å². The Bertz CT molecular complexity index is 474. The van der Waals surface area contributed by atoms with Gasteiger partial charge in [0.2, 0.25) is 0 Å². The zero-order valence-corrected chi connectivity index (χ0v) is 7.74. The van der Waals surface area contributed by atoms with Crippen LogP contribution in [0.3, 0.4) is 0 Å². The zero-order valence-electron chi connectivity index (χ0n) is 7.74. The first-order valence-electron chi connectivity index (χ1n) is 3.99. The summed E-state index contributed by atoms with van der Waals surface area (Å²) in [5.41, 5.74) is 2.81. The lowest BCUT2D eigenvalue weighted by Gasteiger charge is -1.95. The smallest absolute Gasteiger partial charge is 0.136 e. The predicted octanol–water partition coefficient (Wildman–Crippen LogP) is 0.989. The fraction of sp³-hybridized carbons (Fsp3) is 0.375. The highest BCUT2D eigenvalue weighted by atomic mass is 16.5. The van der Waals surface area contributed by atoms with Gasteiger partial charge in [0.25, 0.3) is 0 Å². The molecule has 0 fully saturated rings. The van der Waals surface area contributed by atoms with Crippen LogP contribution in [0.2, 0.25) is 0 Å². The van der Waals surface area contributed by atoms with Gasteiger partial charge in [0.1, 0.15) is 22.6 Å². The molecule has 5 nitrogen and oxygen atoms in total. The summed E-state index contributed by atoms with van der Waals surface area (Å²) in [6.07, 6.45) is 0. The van der Waals surface area contributed by atoms with Gasteiger partial charge < -0.3 is 5.21 Å². The van der Waals surface area contributed by atoms with Crippen LogP contribution in [0.4, 0.5) is 0 Å². The largest absolute Gasteiger partial charge is 0.411 e. The van der Waals surface area contributed by atoms with Gasteiger partial charge in [0.15, 0.2) is 0 Å². The zero-order chi connectivity index (χ0) is 9.59. The lowest BCUT2D eigenvalue weighted by molar-refractivity contribution is 0.145. The molecule has 0 saturated heterocycles. The summed E-state index contributed by atoms with van der Waals surface area (Å²) in [7, 11) is 0. The first-order chi connectivity index (χ1) is 6.09. The molecule has 68 valence electrons. The highest BCUT2D eigenvalue weighted by Crippen LogP contribution is 2.16. The number of aromatic nitrogens is 4. The van der Waals surface area contributed by atoms with Crippen LogP contribution in [0.25, 0.3) is 11.0 Å². The predicted molar refractivity (Wildman–Crippen MR) is 46.7 cm³/mol. The molecule has 1 N–H and O–H groups in total. The minimum absolute atomic E-state index is 0.642. The summed E-state index contributed by atoms with van der Waals surface area (Å²) < 4.78 is 0. The van der Waals surface area contributed by atoms with Gasteiger partial charge in [0, 0.05) is 0 Å². The number of rotatable bonds is 0. The number of hydrogen-bond acceptors (Lipinski definition) is 4. The van der Waals surface area contributed by atoms with Gasteiger partial charge in [0.05, 0.1) is 5.69 Å². The van der Waals surface area contributed by atoms with Crippen LogP contribution in [-0.4, -0.2) is 25.1 Å². The molecular formula is C8H10N4O. The van der Waals surface area contributed by atoms with Crippen LogP contribution in [0.5, 0.6) is 0 Å². The molecule has 0 aliphatic carbocycles. The van der Waals surface area contributed by atoms with E-state index in [1.165, 1.54) is 0 Å². The molecule has 0 saturated carbocycles. The number of aryl methyl sites for hydroxylation is 3. The molecule has 5 heteroatoms. The molecule has 0 spiro atoms. The Morgan fingerprint density at radius 2 is 1.77 bits per heavy atom. The Labute approximate surface area is 75.0 Å². The third-order valence-corrected chi connectivity index (χ3v) is 2.01. The first-order valence-corrected chi connectivity index (χ1v) is 3.99. The van der Waals surface area contributed by atoms with Gasteiger partial charge >= 0.3 is 0 Å². The highest BCUT2D eigenvalue weighted by Gasteiger charge is 2.11. The quantitative estimate of drug-likeness (QED) is 0.611. The van der Waals surface area contributed by atoms with E-state index in [0.717, 1.165) is 10.5 Å². The normalized spacial score (nSPS) is 11.0. The fourth-order valence-electron chi connectivity index (χ4n) is 1.34. The molecule has 13 heavy (non-hydrogen) atoms. The van der Waals surface area contributed by atoms with Crippen molar-refractivity contribution in [3.63, 3.8) is 0 Å². The molecule has 0 unspecified atom stereocenters. The molecule has 2 aromatic heterocycles. The second-order valence-electron chi connectivity index (χ2n) is 3.03. The molecule has 2 heterocycles. The lowest BCUT2D eigenvalue weighted by Crippen LogP contribution is -1.93. The number of fused-ring (bicyclic) bond motifs is 1. The van der Waals surface area contributed by atoms with Crippen molar-refractivity contribution in [1.82, 2.24) is 19.9 Å². The minimum atomic E-state index is 0.642. The Morgan fingerprint density at radius 3 is 2.46 bits per heavy atom. The van der Waals surface area contributed by atoms with E-state index in [-0.39, 0.29) is 0 Å². The fourth-order valence-corrected chi connectivity index (χ4v) is 1.34. The molecule has 2 rings (SSSR count). The van der Waals surface area contributed by atoms with E-state index in [2.05, 4.69) is 15.1 Å². The molecule has 0 amide bonds. The maximum atomic E-state index is 9.30. The summed E-state index contributed by atoms with van der Waals surface area (Å²) in [5.74, 6) is 0.695. The third kappa shape index (κ3) is 1.04. The van der Waals surface area contributed by atoms with Crippen molar-refractivity contribution in [2.75, 3.05) is 0 Å². The standard InChI is InChI=1S/C8H10N4O/c1-4-7-8(10-6(3)9-4)5(2)12(13)11-7/h13H,1-3H3. The van der Waals surface area contributed by atoms with E-state index in [9.17, 15) is 5.21 Å². The number of nitrogens with zero attached hydrogens (tertiary/aromatic N) is 4. The van der Waals surface area contributed by atoms with Crippen LogP contribution in [0.15, 0.2) is 0 Å². The van der Waals surface area contributed by atoms with E-state index in [0.29, 0.717) is 22.6 Å². The first kappa shape index (κ1) is 7.97. The van der Waals surface area contributed by atoms with E-state index >= 15 is 0 Å². The summed E-state index contributed by atoms with van der Waals surface area (Å²) in [6.45, 7) is 5.44.